The van der Waals surface area contributed by atoms with Crippen molar-refractivity contribution in [2.24, 2.45) is 0 Å². The van der Waals surface area contributed by atoms with Crippen LogP contribution in [0.3, 0.4) is 0 Å². The van der Waals surface area contributed by atoms with Crippen molar-refractivity contribution in [3.8, 4) is 5.75 Å². The molecular weight excluding hydrogens is 270 g/mol. The van der Waals surface area contributed by atoms with Crippen LogP contribution in [0.5, 0.6) is 5.75 Å². The number of nitrogens with zero attached hydrogens (tertiary/aromatic N) is 1. The van der Waals surface area contributed by atoms with E-state index < -0.39 is 0 Å². The van der Waals surface area contributed by atoms with Crippen LogP contribution in [0.4, 0.5) is 10.7 Å². The molecule has 0 spiro atoms. The molecule has 0 fully saturated rings. The van der Waals surface area contributed by atoms with Crippen LogP contribution >= 0.6 is 11.5 Å². The van der Waals surface area contributed by atoms with Crippen molar-refractivity contribution in [2.45, 2.75) is 0 Å². The van der Waals surface area contributed by atoms with Crippen molar-refractivity contribution in [2.75, 3.05) is 24.2 Å². The number of hydrogen-bond donors (Lipinski definition) is 2. The zero-order valence-corrected chi connectivity index (χ0v) is 11.7. The Morgan fingerprint density at radius 1 is 1.10 bits per heavy atom. The number of nitrogen functional groups attached to an aromatic ring is 1. The van der Waals surface area contributed by atoms with Gasteiger partial charge in [-0.25, -0.2) is 0 Å². The second-order valence-electron chi connectivity index (χ2n) is 4.34. The summed E-state index contributed by atoms with van der Waals surface area (Å²) in [5.74, 6) is 0.725. The fourth-order valence-electron chi connectivity index (χ4n) is 1.95. The molecule has 0 unspecified atom stereocenters. The number of nitrogens with one attached hydrogen (secondary N) is 1. The van der Waals surface area contributed by atoms with Gasteiger partial charge in [-0.05, 0) is 35.8 Å². The highest BCUT2D eigenvalue weighted by molar-refractivity contribution is 7.11. The molecule has 3 aromatic rings. The summed E-state index contributed by atoms with van der Waals surface area (Å²) in [5, 5.41) is 5.57. The molecule has 0 aliphatic rings. The number of ether oxygens (including phenoxy) is 1. The number of para-hydroxylation sites is 2. The summed E-state index contributed by atoms with van der Waals surface area (Å²) in [6, 6.07) is 15.6. The summed E-state index contributed by atoms with van der Waals surface area (Å²) in [6.45, 7) is 1.26. The van der Waals surface area contributed by atoms with Crippen molar-refractivity contribution in [1.29, 1.82) is 0 Å². The van der Waals surface area contributed by atoms with Crippen LogP contribution in [0.15, 0.2) is 48.5 Å². The lowest BCUT2D eigenvalue weighted by atomic mass is 10.2. The van der Waals surface area contributed by atoms with Crippen LogP contribution in [0.25, 0.3) is 10.9 Å². The van der Waals surface area contributed by atoms with E-state index in [9.17, 15) is 0 Å². The lowest BCUT2D eigenvalue weighted by Gasteiger charge is -2.09. The minimum absolute atomic E-state index is 0.556. The molecule has 1 aromatic heterocycles. The monoisotopic (exact) mass is 285 g/mol. The van der Waals surface area contributed by atoms with Gasteiger partial charge in [0, 0.05) is 11.9 Å². The number of anilines is 2. The Morgan fingerprint density at radius 3 is 2.80 bits per heavy atom. The van der Waals surface area contributed by atoms with Gasteiger partial charge in [-0.3, -0.25) is 0 Å². The SMILES string of the molecule is Nc1ccccc1OCCNc1snc2ccccc12. The number of aromatic nitrogens is 1. The molecule has 0 saturated carbocycles. The third-order valence-electron chi connectivity index (χ3n) is 2.95. The van der Waals surface area contributed by atoms with E-state index in [1.807, 2.05) is 42.5 Å². The maximum atomic E-state index is 5.82. The summed E-state index contributed by atoms with van der Waals surface area (Å²) < 4.78 is 10.0. The first-order valence-corrected chi connectivity index (χ1v) is 7.17. The van der Waals surface area contributed by atoms with E-state index in [2.05, 4.69) is 15.8 Å². The van der Waals surface area contributed by atoms with Gasteiger partial charge in [0.05, 0.1) is 11.2 Å². The van der Waals surface area contributed by atoms with Gasteiger partial charge in [-0.15, -0.1) is 0 Å². The van der Waals surface area contributed by atoms with E-state index in [-0.39, 0.29) is 0 Å². The standard InChI is InChI=1S/C15H15N3OS/c16-12-6-2-4-8-14(12)19-10-9-17-15-11-5-1-3-7-13(11)18-20-15/h1-8,17H,9-10,16H2. The maximum Gasteiger partial charge on any atom is 0.142 e. The van der Waals surface area contributed by atoms with E-state index in [0.717, 1.165) is 21.7 Å². The Labute approximate surface area is 121 Å². The van der Waals surface area contributed by atoms with Gasteiger partial charge in [0.1, 0.15) is 17.4 Å². The lowest BCUT2D eigenvalue weighted by Crippen LogP contribution is -2.11. The second kappa shape index (κ2) is 5.79. The predicted molar refractivity (Wildman–Crippen MR) is 84.5 cm³/mol. The highest BCUT2D eigenvalue weighted by atomic mass is 32.1. The summed E-state index contributed by atoms with van der Waals surface area (Å²) in [6.07, 6.45) is 0. The molecule has 3 rings (SSSR count). The number of fused-ring (bicyclic) bond motifs is 1. The molecular formula is C15H15N3OS. The van der Waals surface area contributed by atoms with Crippen molar-refractivity contribution >= 4 is 33.1 Å². The summed E-state index contributed by atoms with van der Waals surface area (Å²) in [4.78, 5) is 0. The van der Waals surface area contributed by atoms with Crippen LogP contribution < -0.4 is 15.8 Å². The van der Waals surface area contributed by atoms with Gasteiger partial charge in [0.25, 0.3) is 0 Å². The predicted octanol–water partition coefficient (Wildman–Crippen LogP) is 3.37. The second-order valence-corrected chi connectivity index (χ2v) is 5.12. The summed E-state index contributed by atoms with van der Waals surface area (Å²) in [7, 11) is 0. The zero-order valence-electron chi connectivity index (χ0n) is 10.9. The first kappa shape index (κ1) is 12.7. The Balaban J connectivity index is 1.57. The van der Waals surface area contributed by atoms with E-state index in [1.54, 1.807) is 0 Å². The molecule has 1 heterocycles. The van der Waals surface area contributed by atoms with Crippen LogP contribution in [0, 0.1) is 0 Å². The first-order valence-electron chi connectivity index (χ1n) is 6.40. The smallest absolute Gasteiger partial charge is 0.142 e. The lowest BCUT2D eigenvalue weighted by molar-refractivity contribution is 0.335. The fourth-order valence-corrected chi connectivity index (χ4v) is 2.74. The first-order chi connectivity index (χ1) is 9.84. The van der Waals surface area contributed by atoms with Gasteiger partial charge in [0.15, 0.2) is 0 Å². The highest BCUT2D eigenvalue weighted by Gasteiger charge is 2.04. The van der Waals surface area contributed by atoms with E-state index in [4.69, 9.17) is 10.5 Å². The van der Waals surface area contributed by atoms with Gasteiger partial charge in [-0.1, -0.05) is 24.3 Å². The molecule has 0 bridgehead atoms. The largest absolute Gasteiger partial charge is 0.490 e. The average Bonchev–Trinajstić information content (AvgIpc) is 2.89. The minimum Gasteiger partial charge on any atom is -0.490 e. The average molecular weight is 285 g/mol. The molecule has 5 heteroatoms. The zero-order chi connectivity index (χ0) is 13.8. The normalized spacial score (nSPS) is 10.6. The van der Waals surface area contributed by atoms with Crippen molar-refractivity contribution in [3.63, 3.8) is 0 Å². The maximum absolute atomic E-state index is 5.82. The number of benzene rings is 2. The summed E-state index contributed by atoms with van der Waals surface area (Å²) in [5.41, 5.74) is 7.50. The molecule has 3 N–H and O–H groups in total. The molecule has 0 radical (unpaired) electrons. The number of rotatable bonds is 5. The Bertz CT molecular complexity index is 711. The van der Waals surface area contributed by atoms with Crippen molar-refractivity contribution < 1.29 is 4.74 Å². The van der Waals surface area contributed by atoms with Crippen LogP contribution in [-0.4, -0.2) is 17.5 Å². The quantitative estimate of drug-likeness (QED) is 0.557. The molecule has 0 atom stereocenters. The molecule has 0 amide bonds. The van der Waals surface area contributed by atoms with Gasteiger partial charge >= 0.3 is 0 Å². The highest BCUT2D eigenvalue weighted by Crippen LogP contribution is 2.27. The summed E-state index contributed by atoms with van der Waals surface area (Å²) >= 11 is 1.47. The van der Waals surface area contributed by atoms with E-state index >= 15 is 0 Å². The van der Waals surface area contributed by atoms with Crippen molar-refractivity contribution in [1.82, 2.24) is 4.37 Å². The third-order valence-corrected chi connectivity index (χ3v) is 3.78. The van der Waals surface area contributed by atoms with Crippen LogP contribution in [-0.2, 0) is 0 Å². The molecule has 2 aromatic carbocycles. The number of nitrogens with two attached hydrogens (primary N) is 1. The van der Waals surface area contributed by atoms with Crippen LogP contribution in [0.2, 0.25) is 0 Å². The Kier molecular flexibility index (Phi) is 3.69. The van der Waals surface area contributed by atoms with Crippen LogP contribution in [0.1, 0.15) is 0 Å². The number of hydrogen-bond acceptors (Lipinski definition) is 5. The Morgan fingerprint density at radius 2 is 1.90 bits per heavy atom. The molecule has 0 aliphatic heterocycles. The van der Waals surface area contributed by atoms with Gasteiger partial charge in [0.2, 0.25) is 0 Å². The molecule has 20 heavy (non-hydrogen) atoms. The minimum atomic E-state index is 0.556. The Hall–Kier alpha value is -2.27. The van der Waals surface area contributed by atoms with Gasteiger partial charge in [-0.2, -0.15) is 4.37 Å². The fraction of sp³-hybridized carbons (Fsp3) is 0.133. The van der Waals surface area contributed by atoms with E-state index in [1.165, 1.54) is 11.5 Å². The van der Waals surface area contributed by atoms with Crippen molar-refractivity contribution in [3.05, 3.63) is 48.5 Å². The topological polar surface area (TPSA) is 60.2 Å². The third kappa shape index (κ3) is 2.67. The van der Waals surface area contributed by atoms with Gasteiger partial charge < -0.3 is 15.8 Å². The molecule has 0 saturated heterocycles. The van der Waals surface area contributed by atoms with E-state index in [0.29, 0.717) is 18.8 Å². The molecule has 4 nitrogen and oxygen atoms in total. The molecule has 102 valence electrons. The molecule has 0 aliphatic carbocycles.